The van der Waals surface area contributed by atoms with Crippen LogP contribution in [0.1, 0.15) is 206 Å². The fraction of sp³-hybridized carbons (Fsp3) is 0.851. The zero-order valence-electron chi connectivity index (χ0n) is 37.4. The Balaban J connectivity index is 4.32. The molecule has 0 heterocycles. The van der Waals surface area contributed by atoms with Crippen LogP contribution in [-0.4, -0.2) is 73.4 Å². The average Bonchev–Trinajstić information content (AvgIpc) is 3.15. The Morgan fingerprint density at radius 1 is 0.589 bits per heavy atom. The van der Waals surface area contributed by atoms with Gasteiger partial charge in [0.25, 0.3) is 0 Å². The number of unbranched alkanes of at least 4 members (excludes halogenated alkanes) is 25. The van der Waals surface area contributed by atoms with E-state index in [9.17, 15) is 19.4 Å². The van der Waals surface area contributed by atoms with Crippen LogP contribution in [0.4, 0.5) is 0 Å². The standard InChI is InChI=1S/C47H91N2O6P/c1-6-8-10-12-14-16-18-20-21-22-23-24-25-26-27-28-29-31-33-35-37-39-41-47(51)48-45(44-55-56(52,53)54-43-42-49(3,4)5)46(50)40-38-36-34-32-30-19-17-15-13-11-9-7-2/h25-26,30,32,38,40,45-46,50H,6-24,27-29,31,33-37,39,41-44H2,1-5H3,(H-,48,51,52,53)/p+1/b26-25-,32-30+,40-38+. The second-order valence-corrected chi connectivity index (χ2v) is 18.6. The third-order valence-corrected chi connectivity index (χ3v) is 11.3. The highest BCUT2D eigenvalue weighted by Gasteiger charge is 2.27. The van der Waals surface area contributed by atoms with E-state index in [2.05, 4.69) is 43.5 Å². The maximum Gasteiger partial charge on any atom is 0.472 e. The molecule has 3 atom stereocenters. The molecule has 0 aliphatic rings. The van der Waals surface area contributed by atoms with Crippen LogP contribution in [0.15, 0.2) is 36.5 Å². The summed E-state index contributed by atoms with van der Waals surface area (Å²) in [5.41, 5.74) is 0. The number of hydrogen-bond donors (Lipinski definition) is 3. The lowest BCUT2D eigenvalue weighted by Gasteiger charge is -2.25. The van der Waals surface area contributed by atoms with Crippen molar-refractivity contribution in [2.75, 3.05) is 40.9 Å². The summed E-state index contributed by atoms with van der Waals surface area (Å²) in [6, 6.07) is -0.863. The van der Waals surface area contributed by atoms with E-state index in [-0.39, 0.29) is 19.1 Å². The van der Waals surface area contributed by atoms with E-state index in [1.807, 2.05) is 27.2 Å². The fourth-order valence-corrected chi connectivity index (χ4v) is 7.32. The first-order chi connectivity index (χ1) is 27.0. The predicted molar refractivity (Wildman–Crippen MR) is 240 cm³/mol. The van der Waals surface area contributed by atoms with Gasteiger partial charge in [0.15, 0.2) is 0 Å². The lowest BCUT2D eigenvalue weighted by Crippen LogP contribution is -2.45. The first-order valence-corrected chi connectivity index (χ1v) is 24.9. The number of carbonyl (C=O) groups is 1. The van der Waals surface area contributed by atoms with E-state index in [0.717, 1.165) is 38.5 Å². The van der Waals surface area contributed by atoms with Crippen molar-refractivity contribution in [1.82, 2.24) is 5.32 Å². The summed E-state index contributed by atoms with van der Waals surface area (Å²) in [6.07, 6.45) is 48.0. The molecular formula is C47H92N2O6P+. The van der Waals surface area contributed by atoms with E-state index < -0.39 is 20.0 Å². The van der Waals surface area contributed by atoms with E-state index in [1.54, 1.807) is 6.08 Å². The summed E-state index contributed by atoms with van der Waals surface area (Å²) < 4.78 is 23.5. The van der Waals surface area contributed by atoms with Gasteiger partial charge in [0, 0.05) is 6.42 Å². The number of carbonyl (C=O) groups excluding carboxylic acids is 1. The normalized spacial score (nSPS) is 14.6. The first-order valence-electron chi connectivity index (χ1n) is 23.4. The molecule has 56 heavy (non-hydrogen) atoms. The molecule has 3 N–H and O–H groups in total. The van der Waals surface area contributed by atoms with Gasteiger partial charge < -0.3 is 19.8 Å². The zero-order chi connectivity index (χ0) is 41.4. The maximum absolute atomic E-state index is 12.9. The van der Waals surface area contributed by atoms with Crippen LogP contribution in [0.2, 0.25) is 0 Å². The first kappa shape index (κ1) is 54.7. The van der Waals surface area contributed by atoms with E-state index >= 15 is 0 Å². The molecule has 0 saturated heterocycles. The SMILES string of the molecule is CCCCCCCC/C=C/CC/C=C/C(O)C(COP(=O)(O)OCC[N+](C)(C)C)NC(=O)CCCCCCCCC/C=C\CCCCCCCCCCCCC. The second kappa shape index (κ2) is 39.2. The smallest absolute Gasteiger partial charge is 0.387 e. The van der Waals surface area contributed by atoms with Gasteiger partial charge in [-0.1, -0.05) is 179 Å². The Morgan fingerprint density at radius 2 is 0.982 bits per heavy atom. The molecule has 0 aromatic heterocycles. The molecule has 0 radical (unpaired) electrons. The van der Waals surface area contributed by atoms with Crippen LogP contribution in [0.5, 0.6) is 0 Å². The number of aliphatic hydroxyl groups is 1. The van der Waals surface area contributed by atoms with Crippen LogP contribution < -0.4 is 5.32 Å². The summed E-state index contributed by atoms with van der Waals surface area (Å²) >= 11 is 0. The van der Waals surface area contributed by atoms with Gasteiger partial charge in [-0.25, -0.2) is 4.57 Å². The number of hydrogen-bond acceptors (Lipinski definition) is 5. The third kappa shape index (κ3) is 40.9. The number of phosphoric acid groups is 1. The lowest BCUT2D eigenvalue weighted by molar-refractivity contribution is -0.870. The number of aliphatic hydroxyl groups excluding tert-OH is 1. The molecule has 0 aromatic rings. The molecule has 9 heteroatoms. The van der Waals surface area contributed by atoms with Crippen molar-refractivity contribution in [2.45, 2.75) is 219 Å². The number of quaternary nitrogens is 1. The van der Waals surface area contributed by atoms with Gasteiger partial charge in [0.2, 0.25) is 5.91 Å². The Labute approximate surface area is 347 Å². The molecule has 0 fully saturated rings. The van der Waals surface area contributed by atoms with E-state index in [4.69, 9.17) is 9.05 Å². The van der Waals surface area contributed by atoms with Crippen molar-refractivity contribution < 1.29 is 32.9 Å². The van der Waals surface area contributed by atoms with E-state index in [1.165, 1.54) is 148 Å². The monoisotopic (exact) mass is 812 g/mol. The molecule has 0 bridgehead atoms. The molecule has 8 nitrogen and oxygen atoms in total. The number of rotatable bonds is 42. The Bertz CT molecular complexity index is 1010. The Morgan fingerprint density at radius 3 is 1.43 bits per heavy atom. The van der Waals surface area contributed by atoms with Gasteiger partial charge >= 0.3 is 7.82 Å². The van der Waals surface area contributed by atoms with Crippen molar-refractivity contribution in [3.05, 3.63) is 36.5 Å². The predicted octanol–water partition coefficient (Wildman–Crippen LogP) is 13.1. The molecule has 3 unspecified atom stereocenters. The topological polar surface area (TPSA) is 105 Å². The maximum atomic E-state index is 12.9. The van der Waals surface area contributed by atoms with E-state index in [0.29, 0.717) is 17.4 Å². The largest absolute Gasteiger partial charge is 0.472 e. The van der Waals surface area contributed by atoms with Crippen molar-refractivity contribution in [3.63, 3.8) is 0 Å². The van der Waals surface area contributed by atoms with Crippen LogP contribution in [0.25, 0.3) is 0 Å². The third-order valence-electron chi connectivity index (χ3n) is 10.3. The molecule has 0 aliphatic heterocycles. The van der Waals surface area contributed by atoms with Crippen molar-refractivity contribution >= 4 is 13.7 Å². The number of phosphoric ester groups is 1. The Kier molecular flexibility index (Phi) is 38.3. The van der Waals surface area contributed by atoms with Crippen molar-refractivity contribution in [2.24, 2.45) is 0 Å². The minimum absolute atomic E-state index is 0.0552. The average molecular weight is 812 g/mol. The minimum Gasteiger partial charge on any atom is -0.387 e. The summed E-state index contributed by atoms with van der Waals surface area (Å²) in [6.45, 7) is 4.77. The van der Waals surface area contributed by atoms with Gasteiger partial charge in [-0.15, -0.1) is 0 Å². The van der Waals surface area contributed by atoms with Gasteiger partial charge in [0.05, 0.1) is 39.9 Å². The highest BCUT2D eigenvalue weighted by atomic mass is 31.2. The number of nitrogens with zero attached hydrogens (tertiary/aromatic N) is 1. The lowest BCUT2D eigenvalue weighted by atomic mass is 10.0. The molecular weight excluding hydrogens is 719 g/mol. The molecule has 0 aromatic carbocycles. The summed E-state index contributed by atoms with van der Waals surface area (Å²) in [5, 5.41) is 13.8. The van der Waals surface area contributed by atoms with Crippen LogP contribution in [0, 0.1) is 0 Å². The summed E-state index contributed by atoms with van der Waals surface area (Å²) in [5.74, 6) is -0.192. The zero-order valence-corrected chi connectivity index (χ0v) is 38.3. The molecule has 0 rings (SSSR count). The number of nitrogens with one attached hydrogen (secondary N) is 1. The highest BCUT2D eigenvalue weighted by Crippen LogP contribution is 2.43. The van der Waals surface area contributed by atoms with Gasteiger partial charge in [0.1, 0.15) is 13.2 Å². The van der Waals surface area contributed by atoms with Crippen LogP contribution >= 0.6 is 7.82 Å². The van der Waals surface area contributed by atoms with Crippen LogP contribution in [0.3, 0.4) is 0 Å². The molecule has 0 aliphatic carbocycles. The number of amides is 1. The quantitative estimate of drug-likeness (QED) is 0.0245. The van der Waals surface area contributed by atoms with Gasteiger partial charge in [-0.2, -0.15) is 0 Å². The fourth-order valence-electron chi connectivity index (χ4n) is 6.58. The number of likely N-dealkylation sites (N-methyl/N-ethyl adjacent to an activating group) is 1. The summed E-state index contributed by atoms with van der Waals surface area (Å²) in [7, 11) is 1.55. The minimum atomic E-state index is -4.34. The molecule has 0 saturated carbocycles. The Hall–Kier alpha value is -1.28. The highest BCUT2D eigenvalue weighted by molar-refractivity contribution is 7.47. The van der Waals surface area contributed by atoms with Crippen LogP contribution in [-0.2, 0) is 18.4 Å². The molecule has 0 spiro atoms. The van der Waals surface area contributed by atoms with Gasteiger partial charge in [-0.3, -0.25) is 13.8 Å². The van der Waals surface area contributed by atoms with Gasteiger partial charge in [-0.05, 0) is 57.8 Å². The molecule has 1 amide bonds. The number of allylic oxidation sites excluding steroid dienone is 5. The summed E-state index contributed by atoms with van der Waals surface area (Å²) in [4.78, 5) is 23.1. The second-order valence-electron chi connectivity index (χ2n) is 17.1. The molecule has 330 valence electrons. The van der Waals surface area contributed by atoms with Crippen molar-refractivity contribution in [1.29, 1.82) is 0 Å². The van der Waals surface area contributed by atoms with Crippen molar-refractivity contribution in [3.8, 4) is 0 Å².